The second kappa shape index (κ2) is 2.04. The van der Waals surface area contributed by atoms with Crippen LogP contribution in [-0.4, -0.2) is 25.3 Å². The molecule has 11 heavy (non-hydrogen) atoms. The van der Waals surface area contributed by atoms with Crippen molar-refractivity contribution in [2.45, 2.75) is 0 Å². The first-order valence-electron chi connectivity index (χ1n) is 2.81. The summed E-state index contributed by atoms with van der Waals surface area (Å²) in [6.45, 7) is 0. The van der Waals surface area contributed by atoms with E-state index in [1.807, 2.05) is 0 Å². The number of hydrogen-bond donors (Lipinski definition) is 2. The predicted molar refractivity (Wildman–Crippen MR) is 34.1 cm³/mol. The zero-order valence-electron chi connectivity index (χ0n) is 5.35. The van der Waals surface area contributed by atoms with Crippen LogP contribution in [0.4, 0.5) is 6.01 Å². The Hall–Kier alpha value is -1.92. The van der Waals surface area contributed by atoms with Crippen LogP contribution in [0, 0.1) is 0 Å². The van der Waals surface area contributed by atoms with Crippen molar-refractivity contribution < 1.29 is 4.52 Å². The molecule has 0 spiro atoms. The Balaban J connectivity index is 2.45. The average Bonchev–Trinajstić information content (AvgIpc) is 2.55. The Morgan fingerprint density at radius 1 is 1.55 bits per heavy atom. The molecule has 0 fully saturated rings. The predicted octanol–water partition coefficient (Wildman–Crippen LogP) is -0.563. The van der Waals surface area contributed by atoms with Crippen molar-refractivity contribution in [1.29, 1.82) is 0 Å². The van der Waals surface area contributed by atoms with E-state index in [2.05, 4.69) is 29.8 Å². The van der Waals surface area contributed by atoms with Crippen LogP contribution in [0.1, 0.15) is 0 Å². The normalized spacial score (nSPS) is 10.2. The number of nitrogens with zero attached hydrogens (tertiary/aromatic N) is 4. The number of nitrogens with two attached hydrogens (primary N) is 1. The first-order valence-corrected chi connectivity index (χ1v) is 2.81. The lowest BCUT2D eigenvalue weighted by Crippen LogP contribution is -1.85. The molecule has 0 saturated heterocycles. The number of H-pyrrole nitrogens is 1. The zero-order chi connectivity index (χ0) is 7.68. The maximum Gasteiger partial charge on any atom is 0.319 e. The van der Waals surface area contributed by atoms with Gasteiger partial charge in [-0.05, 0) is 0 Å². The molecule has 0 radical (unpaired) electrons. The minimum atomic E-state index is 0.0106. The van der Waals surface area contributed by atoms with Gasteiger partial charge >= 0.3 is 6.01 Å². The molecule has 2 heterocycles. The fourth-order valence-electron chi connectivity index (χ4n) is 0.645. The van der Waals surface area contributed by atoms with Gasteiger partial charge in [-0.3, -0.25) is 5.10 Å². The number of nitrogen functional groups attached to an aromatic ring is 1. The number of nitrogens with one attached hydrogen (secondary N) is 1. The topological polar surface area (TPSA) is 107 Å². The third kappa shape index (κ3) is 0.914. The first kappa shape index (κ1) is 5.83. The van der Waals surface area contributed by atoms with Crippen molar-refractivity contribution in [3.05, 3.63) is 6.33 Å². The summed E-state index contributed by atoms with van der Waals surface area (Å²) in [6.07, 6.45) is 1.35. The van der Waals surface area contributed by atoms with Crippen LogP contribution in [0.2, 0.25) is 0 Å². The molecule has 0 bridgehead atoms. The molecule has 7 nitrogen and oxygen atoms in total. The van der Waals surface area contributed by atoms with Crippen molar-refractivity contribution in [1.82, 2.24) is 25.3 Å². The summed E-state index contributed by atoms with van der Waals surface area (Å²) in [4.78, 5) is 7.51. The van der Waals surface area contributed by atoms with E-state index in [-0.39, 0.29) is 6.01 Å². The summed E-state index contributed by atoms with van der Waals surface area (Å²) in [6, 6.07) is 0.0106. The van der Waals surface area contributed by atoms with E-state index in [0.29, 0.717) is 11.6 Å². The van der Waals surface area contributed by atoms with Crippen molar-refractivity contribution in [2.75, 3.05) is 5.73 Å². The Morgan fingerprint density at radius 3 is 3.00 bits per heavy atom. The fourth-order valence-corrected chi connectivity index (χ4v) is 0.645. The summed E-state index contributed by atoms with van der Waals surface area (Å²) in [5.41, 5.74) is 5.18. The van der Waals surface area contributed by atoms with Gasteiger partial charge in [0.1, 0.15) is 6.33 Å². The SMILES string of the molecule is Nc1nc(-c2ncn[nH]2)no1. The Bertz CT molecular complexity index is 337. The zero-order valence-corrected chi connectivity index (χ0v) is 5.35. The molecule has 0 aliphatic carbocycles. The molecule has 0 atom stereocenters. The largest absolute Gasteiger partial charge is 0.351 e. The van der Waals surface area contributed by atoms with Gasteiger partial charge in [0.05, 0.1) is 0 Å². The van der Waals surface area contributed by atoms with Crippen LogP contribution in [0.25, 0.3) is 11.6 Å². The highest BCUT2D eigenvalue weighted by Crippen LogP contribution is 2.08. The molecule has 2 aromatic rings. The van der Waals surface area contributed by atoms with Gasteiger partial charge in [-0.15, -0.1) is 0 Å². The van der Waals surface area contributed by atoms with E-state index in [4.69, 9.17) is 5.73 Å². The molecule has 3 N–H and O–H groups in total. The second-order valence-electron chi connectivity index (χ2n) is 1.79. The quantitative estimate of drug-likeness (QED) is 0.567. The third-order valence-electron chi connectivity index (χ3n) is 1.07. The molecule has 2 rings (SSSR count). The summed E-state index contributed by atoms with van der Waals surface area (Å²) in [5, 5.41) is 9.69. The van der Waals surface area contributed by atoms with Crippen LogP contribution in [0.5, 0.6) is 0 Å². The van der Waals surface area contributed by atoms with Crippen molar-refractivity contribution in [2.24, 2.45) is 0 Å². The van der Waals surface area contributed by atoms with Gasteiger partial charge in [-0.2, -0.15) is 10.1 Å². The Morgan fingerprint density at radius 2 is 2.45 bits per heavy atom. The molecule has 0 unspecified atom stereocenters. The molecule has 2 aromatic heterocycles. The third-order valence-corrected chi connectivity index (χ3v) is 1.07. The summed E-state index contributed by atoms with van der Waals surface area (Å²) < 4.78 is 4.52. The molecule has 0 amide bonds. The molecule has 0 aliphatic rings. The summed E-state index contributed by atoms with van der Waals surface area (Å²) in [7, 11) is 0. The molecule has 7 heteroatoms. The number of anilines is 1. The standard InChI is InChI=1S/C4H4N6O/c5-4-8-3(10-11-4)2-6-1-7-9-2/h1H,(H2,5,8,10)(H,6,7,9). The number of aromatic nitrogens is 5. The summed E-state index contributed by atoms with van der Waals surface area (Å²) >= 11 is 0. The van der Waals surface area contributed by atoms with Gasteiger partial charge in [-0.1, -0.05) is 5.16 Å². The van der Waals surface area contributed by atoms with Gasteiger partial charge in [0, 0.05) is 0 Å². The molecule has 0 aromatic carbocycles. The number of rotatable bonds is 1. The van der Waals surface area contributed by atoms with E-state index in [9.17, 15) is 0 Å². The lowest BCUT2D eigenvalue weighted by atomic mass is 10.6. The highest BCUT2D eigenvalue weighted by atomic mass is 16.5. The lowest BCUT2D eigenvalue weighted by molar-refractivity contribution is 0.436. The maximum atomic E-state index is 5.18. The highest BCUT2D eigenvalue weighted by Gasteiger charge is 2.07. The molecule has 0 saturated carbocycles. The fraction of sp³-hybridized carbons (Fsp3) is 0. The van der Waals surface area contributed by atoms with E-state index < -0.39 is 0 Å². The monoisotopic (exact) mass is 152 g/mol. The van der Waals surface area contributed by atoms with Crippen molar-refractivity contribution >= 4 is 6.01 Å². The minimum absolute atomic E-state index is 0.0106. The minimum Gasteiger partial charge on any atom is -0.351 e. The van der Waals surface area contributed by atoms with E-state index in [0.717, 1.165) is 0 Å². The van der Waals surface area contributed by atoms with Crippen LogP contribution >= 0.6 is 0 Å². The smallest absolute Gasteiger partial charge is 0.319 e. The van der Waals surface area contributed by atoms with E-state index in [1.54, 1.807) is 0 Å². The van der Waals surface area contributed by atoms with Crippen LogP contribution in [0.3, 0.4) is 0 Å². The van der Waals surface area contributed by atoms with E-state index >= 15 is 0 Å². The van der Waals surface area contributed by atoms with E-state index in [1.165, 1.54) is 6.33 Å². The maximum absolute atomic E-state index is 5.18. The van der Waals surface area contributed by atoms with Crippen molar-refractivity contribution in [3.63, 3.8) is 0 Å². The highest BCUT2D eigenvalue weighted by molar-refractivity contribution is 5.41. The lowest BCUT2D eigenvalue weighted by Gasteiger charge is -1.79. The second-order valence-corrected chi connectivity index (χ2v) is 1.79. The summed E-state index contributed by atoms with van der Waals surface area (Å²) in [5.74, 6) is 0.741. The Labute approximate surface area is 60.6 Å². The van der Waals surface area contributed by atoms with Crippen LogP contribution < -0.4 is 5.73 Å². The molecular weight excluding hydrogens is 148 g/mol. The molecular formula is C4H4N6O. The number of hydrogen-bond acceptors (Lipinski definition) is 6. The van der Waals surface area contributed by atoms with Gasteiger partial charge in [0.15, 0.2) is 5.82 Å². The van der Waals surface area contributed by atoms with Crippen LogP contribution in [0.15, 0.2) is 10.9 Å². The van der Waals surface area contributed by atoms with Gasteiger partial charge < -0.3 is 10.3 Å². The van der Waals surface area contributed by atoms with Gasteiger partial charge in [0.2, 0.25) is 5.82 Å². The van der Waals surface area contributed by atoms with Gasteiger partial charge in [-0.25, -0.2) is 4.98 Å². The molecule has 56 valence electrons. The molecule has 0 aliphatic heterocycles. The Kier molecular flexibility index (Phi) is 1.08. The van der Waals surface area contributed by atoms with Crippen LogP contribution in [-0.2, 0) is 0 Å². The number of aromatic amines is 1. The van der Waals surface area contributed by atoms with Gasteiger partial charge in [0.25, 0.3) is 0 Å². The van der Waals surface area contributed by atoms with Crippen molar-refractivity contribution in [3.8, 4) is 11.6 Å². The first-order chi connectivity index (χ1) is 5.36. The average molecular weight is 152 g/mol.